The quantitative estimate of drug-likeness (QED) is 0.0608. The number of amides is 1. The number of para-hydroxylation sites is 2. The van der Waals surface area contributed by atoms with Crippen molar-refractivity contribution >= 4 is 71.1 Å². The summed E-state index contributed by atoms with van der Waals surface area (Å²) in [5.74, 6) is 4.05. The van der Waals surface area contributed by atoms with Crippen LogP contribution < -0.4 is 31.2 Å². The first kappa shape index (κ1) is 49.0. The van der Waals surface area contributed by atoms with Gasteiger partial charge in [-0.25, -0.2) is 9.98 Å². The molecule has 63 heavy (non-hydrogen) atoms. The van der Waals surface area contributed by atoms with E-state index in [9.17, 15) is 13.5 Å². The van der Waals surface area contributed by atoms with Crippen molar-refractivity contribution in [3.8, 4) is 23.0 Å². The lowest BCUT2D eigenvalue weighted by Gasteiger charge is -2.35. The van der Waals surface area contributed by atoms with Crippen LogP contribution in [0.3, 0.4) is 0 Å². The number of amidine groups is 2. The summed E-state index contributed by atoms with van der Waals surface area (Å²) >= 11 is 14.4. The molecular weight excluding hydrogens is 875 g/mol. The number of carbonyl (C=O) groups excluding carboxylic acids is 2. The van der Waals surface area contributed by atoms with Crippen LogP contribution in [0.1, 0.15) is 37.3 Å². The minimum Gasteiger partial charge on any atom is -0.466 e. The molecule has 0 aromatic heterocycles. The smallest absolute Gasteiger partial charge is 0.307 e. The summed E-state index contributed by atoms with van der Waals surface area (Å²) in [5.41, 5.74) is 8.17. The minimum absolute atomic E-state index is 0.00525. The highest BCUT2D eigenvalue weighted by Crippen LogP contribution is 2.41. The fraction of sp³-hybridized carbons (Fsp3) is 0.364. The van der Waals surface area contributed by atoms with Gasteiger partial charge in [-0.1, -0.05) is 47.5 Å². The summed E-state index contributed by atoms with van der Waals surface area (Å²) < 4.78 is 26.5. The molecule has 4 aliphatic rings. The maximum absolute atomic E-state index is 11.9. The van der Waals surface area contributed by atoms with Crippen molar-refractivity contribution < 1.29 is 37.9 Å². The third kappa shape index (κ3) is 14.0. The molecule has 4 heterocycles. The molecule has 2 fully saturated rings. The molecule has 8 rings (SSSR count). The number of nitrogens with two attached hydrogens (primary N) is 1. The number of halogens is 3. The number of nitrogens with one attached hydrogen (secondary N) is 3. The number of aliphatic imine (C=N–C) groups is 2. The van der Waals surface area contributed by atoms with Gasteiger partial charge in [0.2, 0.25) is 5.91 Å². The molecule has 338 valence electrons. The van der Waals surface area contributed by atoms with E-state index in [1.165, 1.54) is 0 Å². The number of rotatable bonds is 8. The molecule has 1 amide bonds. The number of benzene rings is 4. The number of fused-ring (bicyclic) bond motifs is 4. The number of carbonyl (C=O) groups is 2. The van der Waals surface area contributed by atoms with Gasteiger partial charge < -0.3 is 55.9 Å². The maximum Gasteiger partial charge on any atom is 0.307 e. The molecule has 4 aromatic carbocycles. The molecule has 15 nitrogen and oxygen atoms in total. The van der Waals surface area contributed by atoms with E-state index in [-0.39, 0.29) is 43.7 Å². The molecule has 0 saturated carbocycles. The van der Waals surface area contributed by atoms with Crippen LogP contribution >= 0.6 is 36.2 Å². The number of hydrogen-bond acceptors (Lipinski definition) is 15. The van der Waals surface area contributed by atoms with Gasteiger partial charge in [0.25, 0.3) is 0 Å². The zero-order chi connectivity index (χ0) is 45.1. The lowest BCUT2D eigenvalue weighted by molar-refractivity contribution is -0.143. The number of piperazine rings is 2. The van der Waals surface area contributed by atoms with Gasteiger partial charge in [-0.15, -0.1) is 0 Å². The molecule has 0 spiro atoms. The minimum atomic E-state index is -0.357. The van der Waals surface area contributed by atoms with Gasteiger partial charge in [-0.05, 0) is 80.6 Å². The Morgan fingerprint density at radius 1 is 0.810 bits per heavy atom. The molecule has 0 unspecified atom stereocenters. The maximum atomic E-state index is 11.9. The van der Waals surface area contributed by atoms with E-state index in [4.69, 9.17) is 63.3 Å². The highest BCUT2D eigenvalue weighted by molar-refractivity contribution is 7.74. The van der Waals surface area contributed by atoms with Crippen molar-refractivity contribution in [3.63, 3.8) is 0 Å². The average Bonchev–Trinajstić information content (AvgIpc) is 3.56. The Hall–Kier alpha value is -4.98. The highest BCUT2D eigenvalue weighted by Gasteiger charge is 2.30. The summed E-state index contributed by atoms with van der Waals surface area (Å²) in [4.78, 5) is 37.9. The molecule has 2 saturated heterocycles. The zero-order valence-electron chi connectivity index (χ0n) is 34.8. The fourth-order valence-electron chi connectivity index (χ4n) is 7.08. The summed E-state index contributed by atoms with van der Waals surface area (Å²) in [7, 11) is 0. The second-order valence-electron chi connectivity index (χ2n) is 14.3. The first-order valence-electron chi connectivity index (χ1n) is 20.5. The number of aliphatic hydroxyl groups is 2. The Kier molecular flexibility index (Phi) is 19.7. The van der Waals surface area contributed by atoms with Gasteiger partial charge in [0, 0.05) is 87.4 Å². The predicted octanol–water partition coefficient (Wildman–Crippen LogP) is 6.13. The summed E-state index contributed by atoms with van der Waals surface area (Å²) in [6, 6.07) is 26.4. The monoisotopic (exact) mass is 926 g/mol. The van der Waals surface area contributed by atoms with Crippen molar-refractivity contribution in [2.45, 2.75) is 38.3 Å². The second kappa shape index (κ2) is 25.3. The van der Waals surface area contributed by atoms with Gasteiger partial charge in [-0.2, -0.15) is 3.89 Å². The largest absolute Gasteiger partial charge is 0.466 e. The van der Waals surface area contributed by atoms with Crippen LogP contribution in [-0.4, -0.2) is 121 Å². The average molecular weight is 928 g/mol. The SMILES string of the molecule is CCOC(=O)C[C@H]1CN(C2=Nc3cc(Cl)ccc3Oc3ccccc32)CCN1.FS.NCCCO.O=C(C[C@H]1CN(C2=Nc3cc(Cl)ccc3Oc3ccccc32)CCN1)NCO. The van der Waals surface area contributed by atoms with E-state index in [1.54, 1.807) is 24.3 Å². The van der Waals surface area contributed by atoms with Crippen molar-refractivity contribution in [1.82, 2.24) is 25.8 Å². The molecule has 19 heteroatoms. The van der Waals surface area contributed by atoms with Gasteiger partial charge in [0.05, 0.1) is 24.2 Å². The first-order valence-corrected chi connectivity index (χ1v) is 21.6. The molecule has 0 bridgehead atoms. The van der Waals surface area contributed by atoms with Gasteiger partial charge in [0.15, 0.2) is 11.5 Å². The summed E-state index contributed by atoms with van der Waals surface area (Å²) in [6.45, 7) is 6.95. The number of hydrogen-bond donors (Lipinski definition) is 7. The molecule has 0 radical (unpaired) electrons. The van der Waals surface area contributed by atoms with E-state index < -0.39 is 0 Å². The molecule has 2 atom stereocenters. The van der Waals surface area contributed by atoms with Crippen LogP contribution in [0.2, 0.25) is 10.0 Å². The Morgan fingerprint density at radius 2 is 1.30 bits per heavy atom. The Morgan fingerprint density at radius 3 is 1.75 bits per heavy atom. The normalized spacial score (nSPS) is 17.0. The summed E-state index contributed by atoms with van der Waals surface area (Å²) in [5, 5.41) is 27.2. The van der Waals surface area contributed by atoms with Gasteiger partial charge >= 0.3 is 5.97 Å². The van der Waals surface area contributed by atoms with Crippen molar-refractivity contribution in [1.29, 1.82) is 0 Å². The number of aliphatic hydroxyl groups excluding tert-OH is 2. The standard InChI is InChI=1S/C21H22ClN3O3.C20H21ClN4O3.C3H9NO.FHS/c1-2-27-20(26)12-15-13-25(10-9-23-15)21-16-5-3-4-6-18(16)28-19-8-7-14(22)11-17(19)24-21;21-13-5-6-18-16(9-13)24-20(15-3-1-2-4-17(15)28-18)25-8-7-22-14(11-25)10-19(27)23-12-26;4-2-1-3-5;1-2/h3-8,11,15,23H,2,9-10,12-13H2,1H3;1-6,9,14,22,26H,7-8,10-12H2,(H,23,27);5H,1-4H2;2H/t15-;14-;;/m00../s1. The molecular formula is C44H53Cl2FN8O7S. The van der Waals surface area contributed by atoms with Crippen molar-refractivity contribution in [3.05, 3.63) is 106 Å². The fourth-order valence-corrected chi connectivity index (χ4v) is 7.42. The topological polar surface area (TPSA) is 196 Å². The third-order valence-electron chi connectivity index (χ3n) is 9.89. The van der Waals surface area contributed by atoms with Crippen LogP contribution in [0.25, 0.3) is 0 Å². The highest BCUT2D eigenvalue weighted by atomic mass is 35.5. The summed E-state index contributed by atoms with van der Waals surface area (Å²) in [6.07, 6.45) is 1.34. The van der Waals surface area contributed by atoms with Crippen LogP contribution in [0.4, 0.5) is 15.3 Å². The Bertz CT molecular complexity index is 2060. The van der Waals surface area contributed by atoms with E-state index >= 15 is 0 Å². The Balaban J connectivity index is 0.000000207. The lowest BCUT2D eigenvalue weighted by atomic mass is 10.1. The molecule has 7 N–H and O–H groups in total. The predicted molar refractivity (Wildman–Crippen MR) is 247 cm³/mol. The first-order chi connectivity index (χ1) is 30.7. The van der Waals surface area contributed by atoms with E-state index in [0.717, 1.165) is 66.9 Å². The number of thiol groups is 1. The van der Waals surface area contributed by atoms with Crippen molar-refractivity contribution in [2.24, 2.45) is 15.7 Å². The Labute approximate surface area is 382 Å². The molecule has 4 aliphatic heterocycles. The van der Waals surface area contributed by atoms with Crippen LogP contribution in [0.15, 0.2) is 94.9 Å². The second-order valence-corrected chi connectivity index (χ2v) is 15.2. The lowest BCUT2D eigenvalue weighted by Crippen LogP contribution is -2.54. The van der Waals surface area contributed by atoms with Crippen molar-refractivity contribution in [2.75, 3.05) is 65.8 Å². The number of ether oxygens (including phenoxy) is 3. The van der Waals surface area contributed by atoms with Crippen LogP contribution in [-0.2, 0) is 14.3 Å². The van der Waals surface area contributed by atoms with E-state index in [0.29, 0.717) is 65.6 Å². The number of esters is 1. The van der Waals surface area contributed by atoms with Crippen LogP contribution in [0, 0.1) is 0 Å². The number of nitrogens with zero attached hydrogens (tertiary/aromatic N) is 4. The molecule has 0 aliphatic carbocycles. The van der Waals surface area contributed by atoms with Crippen LogP contribution in [0.5, 0.6) is 23.0 Å². The van der Waals surface area contributed by atoms with E-state index in [1.807, 2.05) is 80.6 Å². The zero-order valence-corrected chi connectivity index (χ0v) is 37.2. The van der Waals surface area contributed by atoms with Gasteiger partial charge in [-0.3, -0.25) is 9.59 Å². The van der Waals surface area contributed by atoms with E-state index in [2.05, 4.69) is 25.8 Å². The van der Waals surface area contributed by atoms with Gasteiger partial charge in [0.1, 0.15) is 41.3 Å². The molecule has 4 aromatic rings. The third-order valence-corrected chi connectivity index (χ3v) is 10.4.